The fourth-order valence-corrected chi connectivity index (χ4v) is 2.81. The van der Waals surface area contributed by atoms with Gasteiger partial charge in [0.25, 0.3) is 5.91 Å². The van der Waals surface area contributed by atoms with Crippen LogP contribution in [0.2, 0.25) is 0 Å². The number of amides is 1. The Kier molecular flexibility index (Phi) is 6.32. The number of carbonyl (C=O) groups is 1. The maximum atomic E-state index is 12.3. The van der Waals surface area contributed by atoms with E-state index in [0.29, 0.717) is 12.4 Å². The molecule has 1 amide bonds. The van der Waals surface area contributed by atoms with Crippen LogP contribution in [0.4, 0.5) is 0 Å². The zero-order chi connectivity index (χ0) is 19.9. The number of furan rings is 1. The Bertz CT molecular complexity index is 960. The number of aryl methyl sites for hydroxylation is 1. The molecule has 28 heavy (non-hydrogen) atoms. The van der Waals surface area contributed by atoms with E-state index in [1.54, 1.807) is 37.4 Å². The third-order valence-electron chi connectivity index (χ3n) is 4.22. The van der Waals surface area contributed by atoms with Gasteiger partial charge in [0.2, 0.25) is 0 Å². The molecule has 146 valence electrons. The second kappa shape index (κ2) is 9.08. The minimum atomic E-state index is -0.693. The van der Waals surface area contributed by atoms with Crippen LogP contribution in [0.1, 0.15) is 32.1 Å². The first-order valence-corrected chi connectivity index (χ1v) is 9.35. The van der Waals surface area contributed by atoms with Gasteiger partial charge in [-0.2, -0.15) is 5.10 Å². The molecule has 3 aromatic rings. The number of hydrogen-bond acceptors (Lipinski definition) is 5. The average Bonchev–Trinajstić information content (AvgIpc) is 3.07. The lowest BCUT2D eigenvalue weighted by molar-refractivity contribution is -0.127. The lowest BCUT2D eigenvalue weighted by Crippen LogP contribution is -2.33. The molecule has 0 unspecified atom stereocenters. The molecule has 2 aromatic carbocycles. The predicted octanol–water partition coefficient (Wildman–Crippen LogP) is 4.31. The number of nitrogens with one attached hydrogen (secondary N) is 1. The summed E-state index contributed by atoms with van der Waals surface area (Å²) >= 11 is 0. The summed E-state index contributed by atoms with van der Waals surface area (Å²) in [6.07, 6.45) is 1.66. The van der Waals surface area contributed by atoms with E-state index < -0.39 is 6.10 Å². The highest BCUT2D eigenvalue weighted by molar-refractivity contribution is 5.99. The summed E-state index contributed by atoms with van der Waals surface area (Å²) in [6, 6.07) is 14.9. The highest BCUT2D eigenvalue weighted by Gasteiger charge is 2.15. The summed E-state index contributed by atoms with van der Waals surface area (Å²) in [5.74, 6) is 1.84. The van der Waals surface area contributed by atoms with Crippen molar-refractivity contribution in [3.05, 3.63) is 59.9 Å². The van der Waals surface area contributed by atoms with Crippen molar-refractivity contribution in [2.75, 3.05) is 6.61 Å². The SMILES string of the molecule is CCOc1ccc(O[C@H](C)C(=O)N/N=C\c2c(CC)oc3ccccc23)cc1. The van der Waals surface area contributed by atoms with E-state index in [0.717, 1.165) is 34.5 Å². The Morgan fingerprint density at radius 1 is 1.14 bits per heavy atom. The van der Waals surface area contributed by atoms with E-state index in [-0.39, 0.29) is 5.91 Å². The second-order valence-electron chi connectivity index (χ2n) is 6.19. The van der Waals surface area contributed by atoms with Crippen LogP contribution in [0.5, 0.6) is 11.5 Å². The predicted molar refractivity (Wildman–Crippen MR) is 109 cm³/mol. The van der Waals surface area contributed by atoms with Crippen molar-refractivity contribution in [3.63, 3.8) is 0 Å². The summed E-state index contributed by atoms with van der Waals surface area (Å²) in [5, 5.41) is 5.06. The van der Waals surface area contributed by atoms with Crippen molar-refractivity contribution >= 4 is 23.1 Å². The van der Waals surface area contributed by atoms with Gasteiger partial charge in [0.05, 0.1) is 12.8 Å². The van der Waals surface area contributed by atoms with Crippen LogP contribution in [-0.4, -0.2) is 24.8 Å². The van der Waals surface area contributed by atoms with Gasteiger partial charge < -0.3 is 13.9 Å². The Labute approximate surface area is 164 Å². The van der Waals surface area contributed by atoms with Crippen LogP contribution in [-0.2, 0) is 11.2 Å². The largest absolute Gasteiger partial charge is 0.494 e. The summed E-state index contributed by atoms with van der Waals surface area (Å²) in [4.78, 5) is 12.3. The molecule has 1 heterocycles. The Morgan fingerprint density at radius 3 is 2.57 bits per heavy atom. The fraction of sp³-hybridized carbons (Fsp3) is 0.273. The highest BCUT2D eigenvalue weighted by Crippen LogP contribution is 2.24. The van der Waals surface area contributed by atoms with E-state index in [2.05, 4.69) is 10.5 Å². The molecule has 3 rings (SSSR count). The normalized spacial score (nSPS) is 12.2. The van der Waals surface area contributed by atoms with Crippen molar-refractivity contribution in [2.45, 2.75) is 33.3 Å². The van der Waals surface area contributed by atoms with Gasteiger partial charge in [-0.05, 0) is 44.2 Å². The van der Waals surface area contributed by atoms with Gasteiger partial charge in [-0.25, -0.2) is 5.43 Å². The molecule has 0 fully saturated rings. The molecule has 1 atom stereocenters. The van der Waals surface area contributed by atoms with Crippen molar-refractivity contribution in [1.29, 1.82) is 0 Å². The van der Waals surface area contributed by atoms with E-state index in [4.69, 9.17) is 13.9 Å². The molecule has 0 saturated carbocycles. The molecule has 6 nitrogen and oxygen atoms in total. The molecular weight excluding hydrogens is 356 g/mol. The molecule has 0 aliphatic carbocycles. The lowest BCUT2D eigenvalue weighted by atomic mass is 10.1. The number of ether oxygens (including phenoxy) is 2. The van der Waals surface area contributed by atoms with Crippen LogP contribution in [0.25, 0.3) is 11.0 Å². The number of nitrogens with zero attached hydrogens (tertiary/aromatic N) is 1. The smallest absolute Gasteiger partial charge is 0.280 e. The summed E-state index contributed by atoms with van der Waals surface area (Å²) < 4.78 is 16.9. The number of fused-ring (bicyclic) bond motifs is 1. The van der Waals surface area contributed by atoms with Crippen molar-refractivity contribution in [3.8, 4) is 11.5 Å². The number of benzene rings is 2. The van der Waals surface area contributed by atoms with Crippen LogP contribution in [0.3, 0.4) is 0 Å². The first-order valence-electron chi connectivity index (χ1n) is 9.35. The third kappa shape index (κ3) is 4.52. The average molecular weight is 380 g/mol. The maximum absolute atomic E-state index is 12.3. The fourth-order valence-electron chi connectivity index (χ4n) is 2.81. The first-order chi connectivity index (χ1) is 13.6. The Balaban J connectivity index is 1.62. The van der Waals surface area contributed by atoms with Gasteiger partial charge in [-0.1, -0.05) is 25.1 Å². The van der Waals surface area contributed by atoms with Gasteiger partial charge in [0, 0.05) is 17.4 Å². The molecule has 1 N–H and O–H groups in total. The van der Waals surface area contributed by atoms with E-state index in [1.165, 1.54) is 0 Å². The van der Waals surface area contributed by atoms with Crippen molar-refractivity contribution in [1.82, 2.24) is 5.43 Å². The number of para-hydroxylation sites is 1. The highest BCUT2D eigenvalue weighted by atomic mass is 16.5. The molecule has 0 saturated heterocycles. The van der Waals surface area contributed by atoms with Gasteiger partial charge in [-0.3, -0.25) is 4.79 Å². The number of carbonyl (C=O) groups excluding carboxylic acids is 1. The standard InChI is InChI=1S/C22H24N2O4/c1-4-20-19(18-8-6-7-9-21(18)28-20)14-23-24-22(25)15(3)27-17-12-10-16(11-13-17)26-5-2/h6-15H,4-5H2,1-3H3,(H,24,25)/b23-14-/t15-/m1/s1. The van der Waals surface area contributed by atoms with E-state index in [9.17, 15) is 4.79 Å². The molecule has 0 aliphatic rings. The third-order valence-corrected chi connectivity index (χ3v) is 4.22. The molecule has 0 spiro atoms. The van der Waals surface area contributed by atoms with E-state index >= 15 is 0 Å². The number of rotatable bonds is 8. The molecule has 6 heteroatoms. The lowest BCUT2D eigenvalue weighted by Gasteiger charge is -2.13. The maximum Gasteiger partial charge on any atom is 0.280 e. The van der Waals surface area contributed by atoms with Crippen LogP contribution in [0.15, 0.2) is 58.0 Å². The quantitative estimate of drug-likeness (QED) is 0.467. The van der Waals surface area contributed by atoms with Crippen molar-refractivity contribution in [2.24, 2.45) is 5.10 Å². The van der Waals surface area contributed by atoms with Gasteiger partial charge in [0.1, 0.15) is 22.8 Å². The number of hydrazone groups is 1. The van der Waals surface area contributed by atoms with Gasteiger partial charge in [0.15, 0.2) is 6.10 Å². The second-order valence-corrected chi connectivity index (χ2v) is 6.19. The monoisotopic (exact) mass is 380 g/mol. The van der Waals surface area contributed by atoms with Gasteiger partial charge >= 0.3 is 0 Å². The molecule has 1 aromatic heterocycles. The molecule has 0 radical (unpaired) electrons. The zero-order valence-electron chi connectivity index (χ0n) is 16.3. The Hall–Kier alpha value is -3.28. The Morgan fingerprint density at radius 2 is 1.86 bits per heavy atom. The first kappa shape index (κ1) is 19.5. The van der Waals surface area contributed by atoms with Crippen LogP contribution < -0.4 is 14.9 Å². The molecular formula is C22H24N2O4. The summed E-state index contributed by atoms with van der Waals surface area (Å²) in [5.41, 5.74) is 4.21. The van der Waals surface area contributed by atoms with Crippen LogP contribution >= 0.6 is 0 Å². The molecule has 0 bridgehead atoms. The van der Waals surface area contributed by atoms with E-state index in [1.807, 2.05) is 38.1 Å². The number of hydrogen-bond donors (Lipinski definition) is 1. The van der Waals surface area contributed by atoms with Crippen LogP contribution in [0, 0.1) is 0 Å². The minimum Gasteiger partial charge on any atom is -0.494 e. The van der Waals surface area contributed by atoms with Crippen molar-refractivity contribution < 1.29 is 18.7 Å². The topological polar surface area (TPSA) is 73.1 Å². The molecule has 0 aliphatic heterocycles. The summed E-state index contributed by atoms with van der Waals surface area (Å²) in [7, 11) is 0. The zero-order valence-corrected chi connectivity index (χ0v) is 16.3. The van der Waals surface area contributed by atoms with Gasteiger partial charge in [-0.15, -0.1) is 0 Å². The summed E-state index contributed by atoms with van der Waals surface area (Å²) in [6.45, 7) is 6.21. The minimum absolute atomic E-state index is 0.337.